The maximum atomic E-state index is 5.48. The summed E-state index contributed by atoms with van der Waals surface area (Å²) in [5.41, 5.74) is 2.99. The van der Waals surface area contributed by atoms with E-state index in [4.69, 9.17) is 4.74 Å². The average molecular weight is 231 g/mol. The van der Waals surface area contributed by atoms with Gasteiger partial charge in [-0.2, -0.15) is 0 Å². The lowest BCUT2D eigenvalue weighted by atomic mass is 9.88. The number of rotatable bonds is 2. The quantitative estimate of drug-likeness (QED) is 0.845. The number of ether oxygens (including phenoxy) is 1. The zero-order valence-corrected chi connectivity index (χ0v) is 10.3. The lowest BCUT2D eigenvalue weighted by Crippen LogP contribution is -2.28. The summed E-state index contributed by atoms with van der Waals surface area (Å²) in [6.07, 6.45) is 3.82. The Morgan fingerprint density at radius 3 is 2.71 bits per heavy atom. The second kappa shape index (κ2) is 5.19. The Morgan fingerprint density at radius 2 is 2.00 bits per heavy atom. The minimum atomic E-state index is 0.631. The van der Waals surface area contributed by atoms with Gasteiger partial charge in [-0.25, -0.2) is 0 Å². The molecule has 3 rings (SSSR count). The van der Waals surface area contributed by atoms with Gasteiger partial charge in [0.25, 0.3) is 0 Å². The molecule has 1 aromatic carbocycles. The number of piperidine rings is 1. The summed E-state index contributed by atoms with van der Waals surface area (Å²) in [7, 11) is 0. The van der Waals surface area contributed by atoms with Gasteiger partial charge in [-0.1, -0.05) is 24.3 Å². The molecule has 2 heterocycles. The number of benzene rings is 1. The minimum absolute atomic E-state index is 0.631. The number of nitrogens with one attached hydrogen (secondary N) is 1. The molecule has 1 N–H and O–H groups in total. The van der Waals surface area contributed by atoms with Gasteiger partial charge in [0, 0.05) is 19.1 Å². The fourth-order valence-electron chi connectivity index (χ4n) is 3.00. The second-order valence-electron chi connectivity index (χ2n) is 5.27. The van der Waals surface area contributed by atoms with Crippen LogP contribution in [0.3, 0.4) is 0 Å². The van der Waals surface area contributed by atoms with Crippen molar-refractivity contribution in [3.8, 4) is 0 Å². The zero-order valence-electron chi connectivity index (χ0n) is 10.3. The number of hydrogen-bond donors (Lipinski definition) is 1. The molecule has 92 valence electrons. The van der Waals surface area contributed by atoms with E-state index in [9.17, 15) is 0 Å². The van der Waals surface area contributed by atoms with E-state index in [0.29, 0.717) is 11.8 Å². The summed E-state index contributed by atoms with van der Waals surface area (Å²) in [4.78, 5) is 0. The van der Waals surface area contributed by atoms with E-state index in [1.807, 2.05) is 0 Å². The van der Waals surface area contributed by atoms with Crippen molar-refractivity contribution in [1.82, 2.24) is 5.32 Å². The Balaban J connectivity index is 1.77. The van der Waals surface area contributed by atoms with Gasteiger partial charge in [-0.05, 0) is 42.9 Å². The van der Waals surface area contributed by atoms with E-state index in [2.05, 4.69) is 29.6 Å². The monoisotopic (exact) mass is 231 g/mol. The molecule has 0 aliphatic carbocycles. The van der Waals surface area contributed by atoms with Crippen molar-refractivity contribution in [3.63, 3.8) is 0 Å². The molecule has 2 atom stereocenters. The van der Waals surface area contributed by atoms with Crippen LogP contribution < -0.4 is 5.32 Å². The van der Waals surface area contributed by atoms with E-state index in [-0.39, 0.29) is 0 Å². The summed E-state index contributed by atoms with van der Waals surface area (Å²) in [6.45, 7) is 4.17. The van der Waals surface area contributed by atoms with Crippen molar-refractivity contribution >= 4 is 0 Å². The molecular weight excluding hydrogens is 210 g/mol. The van der Waals surface area contributed by atoms with Crippen molar-refractivity contribution in [3.05, 3.63) is 35.4 Å². The van der Waals surface area contributed by atoms with Crippen molar-refractivity contribution in [1.29, 1.82) is 0 Å². The van der Waals surface area contributed by atoms with Gasteiger partial charge >= 0.3 is 0 Å². The Kier molecular flexibility index (Phi) is 3.44. The lowest BCUT2D eigenvalue weighted by molar-refractivity contribution is 0.194. The molecule has 17 heavy (non-hydrogen) atoms. The molecule has 2 aliphatic heterocycles. The summed E-state index contributed by atoms with van der Waals surface area (Å²) in [5.74, 6) is 1.34. The molecule has 2 fully saturated rings. The Hall–Kier alpha value is -0.860. The van der Waals surface area contributed by atoms with Gasteiger partial charge in [0.05, 0.1) is 6.61 Å². The fraction of sp³-hybridized carbons (Fsp3) is 0.600. The highest BCUT2D eigenvalue weighted by Crippen LogP contribution is 2.29. The molecule has 0 saturated carbocycles. The molecule has 2 aliphatic rings. The lowest BCUT2D eigenvalue weighted by Gasteiger charge is -2.24. The summed E-state index contributed by atoms with van der Waals surface area (Å²) < 4.78 is 5.48. The Morgan fingerprint density at radius 1 is 1.12 bits per heavy atom. The Labute approximate surface area is 103 Å². The summed E-state index contributed by atoms with van der Waals surface area (Å²) in [6, 6.07) is 9.19. The van der Waals surface area contributed by atoms with Crippen LogP contribution in [0.5, 0.6) is 0 Å². The largest absolute Gasteiger partial charge is 0.381 e. The third-order valence-electron chi connectivity index (χ3n) is 4.08. The third kappa shape index (κ3) is 2.53. The molecule has 0 bridgehead atoms. The van der Waals surface area contributed by atoms with Crippen LogP contribution in [0.2, 0.25) is 0 Å². The first kappa shape index (κ1) is 11.2. The van der Waals surface area contributed by atoms with Crippen molar-refractivity contribution < 1.29 is 4.74 Å². The predicted octanol–water partition coefficient (Wildman–Crippen LogP) is 2.66. The van der Waals surface area contributed by atoms with Crippen molar-refractivity contribution in [2.45, 2.75) is 31.1 Å². The van der Waals surface area contributed by atoms with E-state index in [1.54, 1.807) is 0 Å². The molecular formula is C15H21NO. The molecule has 2 heteroatoms. The summed E-state index contributed by atoms with van der Waals surface area (Å²) >= 11 is 0. The first-order valence-electron chi connectivity index (χ1n) is 6.82. The average Bonchev–Trinajstić information content (AvgIpc) is 2.94. The maximum Gasteiger partial charge on any atom is 0.0535 e. The van der Waals surface area contributed by atoms with Crippen LogP contribution in [0, 0.1) is 0 Å². The van der Waals surface area contributed by atoms with Crippen molar-refractivity contribution in [2.75, 3.05) is 26.3 Å². The minimum Gasteiger partial charge on any atom is -0.381 e. The standard InChI is InChI=1S/C15H21NO/c1-3-12(14-5-2-7-16-10-14)9-13(4-1)15-6-8-17-11-15/h1,3-4,9,14-16H,2,5-8,10-11H2. The molecule has 2 unspecified atom stereocenters. The van der Waals surface area contributed by atoms with Crippen molar-refractivity contribution in [2.24, 2.45) is 0 Å². The predicted molar refractivity (Wildman–Crippen MR) is 69.5 cm³/mol. The van der Waals surface area contributed by atoms with Crippen LogP contribution in [0.1, 0.15) is 42.2 Å². The van der Waals surface area contributed by atoms with Crippen LogP contribution in [0.4, 0.5) is 0 Å². The normalized spacial score (nSPS) is 29.4. The highest BCUT2D eigenvalue weighted by molar-refractivity contribution is 5.30. The number of hydrogen-bond acceptors (Lipinski definition) is 2. The van der Waals surface area contributed by atoms with E-state index in [1.165, 1.54) is 36.9 Å². The van der Waals surface area contributed by atoms with Gasteiger partial charge in [-0.15, -0.1) is 0 Å². The SMILES string of the molecule is c1cc(C2CCCNC2)cc(C2CCOC2)c1. The molecule has 1 aromatic rings. The van der Waals surface area contributed by atoms with Gasteiger partial charge in [0.15, 0.2) is 0 Å². The molecule has 2 saturated heterocycles. The van der Waals surface area contributed by atoms with E-state index >= 15 is 0 Å². The first-order chi connectivity index (χ1) is 8.43. The highest BCUT2D eigenvalue weighted by Gasteiger charge is 2.20. The first-order valence-corrected chi connectivity index (χ1v) is 6.82. The van der Waals surface area contributed by atoms with Crippen LogP contribution >= 0.6 is 0 Å². The third-order valence-corrected chi connectivity index (χ3v) is 4.08. The zero-order chi connectivity index (χ0) is 11.5. The van der Waals surface area contributed by atoms with Crippen LogP contribution in [-0.2, 0) is 4.74 Å². The van der Waals surface area contributed by atoms with E-state index < -0.39 is 0 Å². The second-order valence-corrected chi connectivity index (χ2v) is 5.27. The summed E-state index contributed by atoms with van der Waals surface area (Å²) in [5, 5.41) is 3.50. The van der Waals surface area contributed by atoms with Crippen LogP contribution in [-0.4, -0.2) is 26.3 Å². The van der Waals surface area contributed by atoms with Crippen LogP contribution in [0.15, 0.2) is 24.3 Å². The Bertz CT molecular complexity index is 365. The fourth-order valence-corrected chi connectivity index (χ4v) is 3.00. The van der Waals surface area contributed by atoms with Gasteiger partial charge in [0.1, 0.15) is 0 Å². The van der Waals surface area contributed by atoms with Gasteiger partial charge in [-0.3, -0.25) is 0 Å². The maximum absolute atomic E-state index is 5.48. The van der Waals surface area contributed by atoms with Gasteiger partial charge in [0.2, 0.25) is 0 Å². The highest BCUT2D eigenvalue weighted by atomic mass is 16.5. The molecule has 0 spiro atoms. The molecule has 0 radical (unpaired) electrons. The molecule has 0 amide bonds. The topological polar surface area (TPSA) is 21.3 Å². The molecule has 0 aromatic heterocycles. The smallest absolute Gasteiger partial charge is 0.0535 e. The van der Waals surface area contributed by atoms with E-state index in [0.717, 1.165) is 19.8 Å². The molecule has 2 nitrogen and oxygen atoms in total. The van der Waals surface area contributed by atoms with Crippen LogP contribution in [0.25, 0.3) is 0 Å². The van der Waals surface area contributed by atoms with Gasteiger partial charge < -0.3 is 10.1 Å².